The second kappa shape index (κ2) is 11.8. The third-order valence-electron chi connectivity index (χ3n) is 5.24. The Bertz CT molecular complexity index is 700. The first-order valence-electron chi connectivity index (χ1n) is 10.7. The van der Waals surface area contributed by atoms with Crippen LogP contribution in [0.15, 0.2) is 48.5 Å². The summed E-state index contributed by atoms with van der Waals surface area (Å²) in [6, 6.07) is 16.7. The maximum Gasteiger partial charge on any atom is 0.159 e. The maximum absolute atomic E-state index is 11.4. The highest BCUT2D eigenvalue weighted by molar-refractivity contribution is 5.94. The Labute approximate surface area is 171 Å². The average Bonchev–Trinajstić information content (AvgIpc) is 2.71. The Morgan fingerprint density at radius 1 is 0.893 bits per heavy atom. The van der Waals surface area contributed by atoms with Crippen LogP contribution in [0.2, 0.25) is 0 Å². The van der Waals surface area contributed by atoms with Crippen molar-refractivity contribution in [3.63, 3.8) is 0 Å². The molecule has 28 heavy (non-hydrogen) atoms. The molecular weight excluding hydrogens is 344 g/mol. The summed E-state index contributed by atoms with van der Waals surface area (Å²) in [6.45, 7) is 13.9. The van der Waals surface area contributed by atoms with Crippen LogP contribution in [-0.2, 0) is 0 Å². The Morgan fingerprint density at radius 3 is 1.93 bits per heavy atom. The third kappa shape index (κ3) is 6.88. The molecule has 2 aromatic carbocycles. The number of carbonyl (C=O) groups excluding carboxylic acids is 1. The van der Waals surface area contributed by atoms with E-state index < -0.39 is 0 Å². The molecule has 0 saturated carbocycles. The summed E-state index contributed by atoms with van der Waals surface area (Å²) in [5.74, 6) is 0.593. The number of nitrogens with zero attached hydrogens (tertiary/aromatic N) is 1. The first-order valence-corrected chi connectivity index (χ1v) is 10.7. The molecule has 1 unspecified atom stereocenters. The van der Waals surface area contributed by atoms with E-state index >= 15 is 0 Å². The summed E-state index contributed by atoms with van der Waals surface area (Å²) < 4.78 is 0. The molecule has 0 aliphatic heterocycles. The molecule has 0 amide bonds. The zero-order valence-electron chi connectivity index (χ0n) is 18.0. The molecule has 0 fully saturated rings. The number of nitrogens with one attached hydrogen (secondary N) is 1. The van der Waals surface area contributed by atoms with E-state index in [4.69, 9.17) is 0 Å². The molecule has 0 aromatic heterocycles. The lowest BCUT2D eigenvalue weighted by Crippen LogP contribution is -2.34. The SMILES string of the molecule is CCCN(CCC)CCNCC(C)c1ccc(-c2ccc(C(C)=O)cc2)cc1. The normalized spacial score (nSPS) is 12.3. The minimum Gasteiger partial charge on any atom is -0.315 e. The Kier molecular flexibility index (Phi) is 9.39. The first kappa shape index (κ1) is 22.3. The van der Waals surface area contributed by atoms with Crippen LogP contribution in [0.4, 0.5) is 0 Å². The predicted molar refractivity (Wildman–Crippen MR) is 120 cm³/mol. The fraction of sp³-hybridized carbons (Fsp3) is 0.480. The Balaban J connectivity index is 1.84. The second-order valence-corrected chi connectivity index (χ2v) is 7.70. The predicted octanol–water partition coefficient (Wildman–Crippen LogP) is 5.37. The summed E-state index contributed by atoms with van der Waals surface area (Å²) in [4.78, 5) is 14.0. The maximum atomic E-state index is 11.4. The molecule has 0 heterocycles. The van der Waals surface area contributed by atoms with Gasteiger partial charge in [0, 0.05) is 25.2 Å². The van der Waals surface area contributed by atoms with Crippen molar-refractivity contribution in [2.45, 2.75) is 46.5 Å². The van der Waals surface area contributed by atoms with Gasteiger partial charge in [-0.3, -0.25) is 4.79 Å². The van der Waals surface area contributed by atoms with Crippen molar-refractivity contribution in [2.75, 3.05) is 32.7 Å². The van der Waals surface area contributed by atoms with Gasteiger partial charge in [-0.05, 0) is 55.5 Å². The van der Waals surface area contributed by atoms with Crippen molar-refractivity contribution < 1.29 is 4.79 Å². The Morgan fingerprint density at radius 2 is 1.43 bits per heavy atom. The van der Waals surface area contributed by atoms with Gasteiger partial charge in [-0.25, -0.2) is 0 Å². The second-order valence-electron chi connectivity index (χ2n) is 7.70. The molecule has 0 aliphatic carbocycles. The van der Waals surface area contributed by atoms with Gasteiger partial charge in [-0.2, -0.15) is 0 Å². The van der Waals surface area contributed by atoms with Gasteiger partial charge >= 0.3 is 0 Å². The monoisotopic (exact) mass is 380 g/mol. The smallest absolute Gasteiger partial charge is 0.159 e. The molecule has 0 radical (unpaired) electrons. The molecule has 2 rings (SSSR count). The molecule has 0 saturated heterocycles. The van der Waals surface area contributed by atoms with Crippen molar-refractivity contribution in [1.29, 1.82) is 0 Å². The average molecular weight is 381 g/mol. The summed E-state index contributed by atoms with van der Waals surface area (Å²) >= 11 is 0. The zero-order valence-corrected chi connectivity index (χ0v) is 18.0. The number of rotatable bonds is 12. The molecule has 1 atom stereocenters. The molecule has 0 bridgehead atoms. The van der Waals surface area contributed by atoms with Crippen molar-refractivity contribution in [3.8, 4) is 11.1 Å². The number of hydrogen-bond acceptors (Lipinski definition) is 3. The van der Waals surface area contributed by atoms with Gasteiger partial charge in [0.15, 0.2) is 5.78 Å². The summed E-state index contributed by atoms with van der Waals surface area (Å²) in [5.41, 5.74) is 4.45. The van der Waals surface area contributed by atoms with Gasteiger partial charge < -0.3 is 10.2 Å². The highest BCUT2D eigenvalue weighted by atomic mass is 16.1. The standard InChI is InChI=1S/C25H36N2O/c1-5-16-27(17-6-2)18-15-26-19-20(3)22-7-11-24(12-8-22)25-13-9-23(10-14-25)21(4)28/h7-14,20,26H,5-6,15-19H2,1-4H3. The summed E-state index contributed by atoms with van der Waals surface area (Å²) in [6.07, 6.45) is 2.44. The largest absolute Gasteiger partial charge is 0.315 e. The van der Waals surface area contributed by atoms with Crippen LogP contribution in [0.1, 0.15) is 62.4 Å². The van der Waals surface area contributed by atoms with Gasteiger partial charge in [0.1, 0.15) is 0 Å². The van der Waals surface area contributed by atoms with E-state index in [1.54, 1.807) is 6.92 Å². The fourth-order valence-electron chi connectivity index (χ4n) is 3.54. The van der Waals surface area contributed by atoms with E-state index in [1.807, 2.05) is 24.3 Å². The minimum atomic E-state index is 0.107. The minimum absolute atomic E-state index is 0.107. The lowest BCUT2D eigenvalue weighted by atomic mass is 9.97. The van der Waals surface area contributed by atoms with Crippen molar-refractivity contribution >= 4 is 5.78 Å². The summed E-state index contributed by atoms with van der Waals surface area (Å²) in [7, 11) is 0. The van der Waals surface area contributed by atoms with Crippen molar-refractivity contribution in [1.82, 2.24) is 10.2 Å². The van der Waals surface area contributed by atoms with Gasteiger partial charge in [0.05, 0.1) is 0 Å². The van der Waals surface area contributed by atoms with Crippen LogP contribution < -0.4 is 5.32 Å². The third-order valence-corrected chi connectivity index (χ3v) is 5.24. The van der Waals surface area contributed by atoms with Crippen LogP contribution in [0, 0.1) is 0 Å². The highest BCUT2D eigenvalue weighted by Crippen LogP contribution is 2.23. The number of Topliss-reactive ketones (excluding diaryl/α,β-unsaturated/α-hetero) is 1. The molecule has 1 N–H and O–H groups in total. The molecule has 3 heteroatoms. The van der Waals surface area contributed by atoms with Crippen LogP contribution in [0.25, 0.3) is 11.1 Å². The number of benzene rings is 2. The van der Waals surface area contributed by atoms with Crippen molar-refractivity contribution in [3.05, 3.63) is 59.7 Å². The van der Waals surface area contributed by atoms with Crippen LogP contribution >= 0.6 is 0 Å². The van der Waals surface area contributed by atoms with Crippen LogP contribution in [0.5, 0.6) is 0 Å². The lowest BCUT2D eigenvalue weighted by Gasteiger charge is -2.21. The van der Waals surface area contributed by atoms with E-state index in [9.17, 15) is 4.79 Å². The quantitative estimate of drug-likeness (QED) is 0.397. The number of hydrogen-bond donors (Lipinski definition) is 1. The molecular formula is C25H36N2O. The highest BCUT2D eigenvalue weighted by Gasteiger charge is 2.07. The Hall–Kier alpha value is -1.97. The molecule has 0 aliphatic rings. The van der Waals surface area contributed by atoms with E-state index in [0.717, 1.165) is 30.8 Å². The number of ketones is 1. The van der Waals surface area contributed by atoms with Crippen LogP contribution in [-0.4, -0.2) is 43.4 Å². The van der Waals surface area contributed by atoms with E-state index in [-0.39, 0.29) is 5.78 Å². The molecule has 152 valence electrons. The van der Waals surface area contributed by atoms with Crippen LogP contribution in [0.3, 0.4) is 0 Å². The fourth-order valence-corrected chi connectivity index (χ4v) is 3.54. The number of carbonyl (C=O) groups is 1. The van der Waals surface area contributed by atoms with E-state index in [1.165, 1.54) is 37.1 Å². The van der Waals surface area contributed by atoms with Gasteiger partial charge in [-0.15, -0.1) is 0 Å². The first-order chi connectivity index (χ1) is 13.5. The van der Waals surface area contributed by atoms with Gasteiger partial charge in [0.25, 0.3) is 0 Å². The van der Waals surface area contributed by atoms with Crippen molar-refractivity contribution in [2.24, 2.45) is 0 Å². The van der Waals surface area contributed by atoms with Gasteiger partial charge in [-0.1, -0.05) is 69.3 Å². The topological polar surface area (TPSA) is 32.3 Å². The zero-order chi connectivity index (χ0) is 20.4. The van der Waals surface area contributed by atoms with E-state index in [2.05, 4.69) is 55.3 Å². The molecule has 0 spiro atoms. The van der Waals surface area contributed by atoms with Gasteiger partial charge in [0.2, 0.25) is 0 Å². The van der Waals surface area contributed by atoms with E-state index in [0.29, 0.717) is 5.92 Å². The molecule has 3 nitrogen and oxygen atoms in total. The molecule has 2 aromatic rings. The summed E-state index contributed by atoms with van der Waals surface area (Å²) in [5, 5.41) is 3.62. The lowest BCUT2D eigenvalue weighted by molar-refractivity contribution is 0.101.